The molecule has 1 amide bonds. The molecule has 3 nitrogen and oxygen atoms in total. The van der Waals surface area contributed by atoms with E-state index in [1.807, 2.05) is 49.4 Å². The molecular weight excluding hydrogens is 284 g/mol. The van der Waals surface area contributed by atoms with Crippen molar-refractivity contribution in [1.29, 1.82) is 0 Å². The number of carbonyl (C=O) groups is 1. The van der Waals surface area contributed by atoms with Crippen LogP contribution in [0.5, 0.6) is 0 Å². The number of carbonyl (C=O) groups excluding carboxylic acids is 1. The summed E-state index contributed by atoms with van der Waals surface area (Å²) >= 11 is 6.01. The number of rotatable bonds is 3. The first-order chi connectivity index (χ1) is 10.2. The number of anilines is 1. The number of halogens is 1. The highest BCUT2D eigenvalue weighted by Crippen LogP contribution is 2.27. The number of aromatic nitrogens is 1. The molecule has 0 radical (unpaired) electrons. The second-order valence-electron chi connectivity index (χ2n) is 4.90. The summed E-state index contributed by atoms with van der Waals surface area (Å²) in [6.45, 7) is 1.83. The summed E-state index contributed by atoms with van der Waals surface area (Å²) < 4.78 is 0. The first-order valence-electron chi connectivity index (χ1n) is 6.84. The monoisotopic (exact) mass is 298 g/mol. The largest absolute Gasteiger partial charge is 0.355 e. The maximum absolute atomic E-state index is 11.5. The number of benzene rings is 2. The molecule has 4 heteroatoms. The van der Waals surface area contributed by atoms with Gasteiger partial charge in [0.1, 0.15) is 0 Å². The molecule has 0 aliphatic heterocycles. The van der Waals surface area contributed by atoms with Gasteiger partial charge in [-0.2, -0.15) is 0 Å². The lowest BCUT2D eigenvalue weighted by molar-refractivity contribution is -0.115. The van der Waals surface area contributed by atoms with Crippen LogP contribution in [0.2, 0.25) is 5.02 Å². The van der Waals surface area contributed by atoms with Crippen LogP contribution in [0.25, 0.3) is 22.2 Å². The van der Waals surface area contributed by atoms with Crippen LogP contribution in [-0.2, 0) is 4.79 Å². The lowest BCUT2D eigenvalue weighted by Gasteiger charge is -2.05. The zero-order valence-corrected chi connectivity index (χ0v) is 12.4. The Balaban J connectivity index is 1.98. The van der Waals surface area contributed by atoms with Gasteiger partial charge in [0.25, 0.3) is 0 Å². The SMILES string of the molecule is CCC(=O)Nc1cccc(-c2cc3cc(Cl)ccc3[nH]2)c1. The third kappa shape index (κ3) is 2.93. The smallest absolute Gasteiger partial charge is 0.224 e. The highest BCUT2D eigenvalue weighted by atomic mass is 35.5. The van der Waals surface area contributed by atoms with E-state index >= 15 is 0 Å². The van der Waals surface area contributed by atoms with E-state index < -0.39 is 0 Å². The molecule has 2 N–H and O–H groups in total. The number of hydrogen-bond donors (Lipinski definition) is 2. The van der Waals surface area contributed by atoms with E-state index in [9.17, 15) is 4.79 Å². The Morgan fingerprint density at radius 1 is 1.19 bits per heavy atom. The molecule has 0 atom stereocenters. The van der Waals surface area contributed by atoms with Crippen molar-refractivity contribution in [1.82, 2.24) is 4.98 Å². The Morgan fingerprint density at radius 3 is 2.86 bits per heavy atom. The van der Waals surface area contributed by atoms with Crippen LogP contribution in [0.4, 0.5) is 5.69 Å². The molecule has 0 spiro atoms. The molecule has 1 aromatic heterocycles. The van der Waals surface area contributed by atoms with E-state index in [0.29, 0.717) is 6.42 Å². The lowest BCUT2D eigenvalue weighted by Crippen LogP contribution is -2.09. The molecule has 21 heavy (non-hydrogen) atoms. The third-order valence-corrected chi connectivity index (χ3v) is 3.60. The van der Waals surface area contributed by atoms with Gasteiger partial charge in [0.15, 0.2) is 0 Å². The summed E-state index contributed by atoms with van der Waals surface area (Å²) in [5, 5.41) is 4.66. The zero-order valence-electron chi connectivity index (χ0n) is 11.6. The van der Waals surface area contributed by atoms with E-state index in [1.165, 1.54) is 0 Å². The minimum absolute atomic E-state index is 0.00980. The Bertz CT molecular complexity index is 807. The van der Waals surface area contributed by atoms with Crippen molar-refractivity contribution in [2.75, 3.05) is 5.32 Å². The Labute approximate surface area is 127 Å². The van der Waals surface area contributed by atoms with E-state index in [0.717, 1.165) is 32.9 Å². The van der Waals surface area contributed by atoms with Gasteiger partial charge in [-0.25, -0.2) is 0 Å². The second kappa shape index (κ2) is 5.62. The van der Waals surface area contributed by atoms with Crippen molar-refractivity contribution in [3.8, 4) is 11.3 Å². The molecule has 0 unspecified atom stereocenters. The minimum Gasteiger partial charge on any atom is -0.355 e. The topological polar surface area (TPSA) is 44.9 Å². The molecule has 3 rings (SSSR count). The van der Waals surface area contributed by atoms with Gasteiger partial charge in [0.05, 0.1) is 0 Å². The molecular formula is C17H15ClN2O. The molecule has 3 aromatic rings. The van der Waals surface area contributed by atoms with Crippen LogP contribution in [0, 0.1) is 0 Å². The number of fused-ring (bicyclic) bond motifs is 1. The summed E-state index contributed by atoms with van der Waals surface area (Å²) in [5.74, 6) is 0.00980. The standard InChI is InChI=1S/C17H15ClN2O/c1-2-17(21)19-14-5-3-4-11(9-14)16-10-12-8-13(18)6-7-15(12)20-16/h3-10,20H,2H2,1H3,(H,19,21). The average molecular weight is 299 g/mol. The maximum Gasteiger partial charge on any atom is 0.224 e. The number of nitrogens with one attached hydrogen (secondary N) is 2. The van der Waals surface area contributed by atoms with E-state index in [4.69, 9.17) is 11.6 Å². The van der Waals surface area contributed by atoms with E-state index in [1.54, 1.807) is 0 Å². The van der Waals surface area contributed by atoms with E-state index in [2.05, 4.69) is 16.4 Å². The van der Waals surface area contributed by atoms with Gasteiger partial charge in [-0.15, -0.1) is 0 Å². The van der Waals surface area contributed by atoms with Crippen LogP contribution < -0.4 is 5.32 Å². The fourth-order valence-electron chi connectivity index (χ4n) is 2.27. The van der Waals surface area contributed by atoms with Gasteiger partial charge in [-0.05, 0) is 36.4 Å². The average Bonchev–Trinajstić information content (AvgIpc) is 2.90. The van der Waals surface area contributed by atoms with Crippen molar-refractivity contribution in [3.63, 3.8) is 0 Å². The predicted molar refractivity (Wildman–Crippen MR) is 87.7 cm³/mol. The van der Waals surface area contributed by atoms with Crippen molar-refractivity contribution in [2.45, 2.75) is 13.3 Å². The van der Waals surface area contributed by atoms with Gasteiger partial charge in [0, 0.05) is 39.3 Å². The summed E-state index contributed by atoms with van der Waals surface area (Å²) in [6.07, 6.45) is 0.467. The second-order valence-corrected chi connectivity index (χ2v) is 5.33. The molecule has 106 valence electrons. The summed E-state index contributed by atoms with van der Waals surface area (Å²) in [4.78, 5) is 14.8. The molecule has 0 aliphatic carbocycles. The number of H-pyrrole nitrogens is 1. The van der Waals surface area contributed by atoms with Gasteiger partial charge in [-0.3, -0.25) is 4.79 Å². The van der Waals surface area contributed by atoms with Crippen molar-refractivity contribution in [2.24, 2.45) is 0 Å². The molecule has 2 aromatic carbocycles. The lowest BCUT2D eigenvalue weighted by atomic mass is 10.1. The minimum atomic E-state index is 0.00980. The normalized spacial score (nSPS) is 10.8. The van der Waals surface area contributed by atoms with Crippen molar-refractivity contribution < 1.29 is 4.79 Å². The Kier molecular flexibility index (Phi) is 3.67. The highest BCUT2D eigenvalue weighted by Gasteiger charge is 2.06. The first kappa shape index (κ1) is 13.7. The van der Waals surface area contributed by atoms with Crippen LogP contribution >= 0.6 is 11.6 Å². The van der Waals surface area contributed by atoms with Crippen molar-refractivity contribution >= 4 is 34.1 Å². The molecule has 0 bridgehead atoms. The Hall–Kier alpha value is -2.26. The van der Waals surface area contributed by atoms with Crippen LogP contribution in [0.1, 0.15) is 13.3 Å². The predicted octanol–water partition coefficient (Wildman–Crippen LogP) is 4.84. The van der Waals surface area contributed by atoms with Gasteiger partial charge in [0.2, 0.25) is 5.91 Å². The third-order valence-electron chi connectivity index (χ3n) is 3.36. The van der Waals surface area contributed by atoms with Gasteiger partial charge >= 0.3 is 0 Å². The van der Waals surface area contributed by atoms with Crippen LogP contribution in [0.3, 0.4) is 0 Å². The fourth-order valence-corrected chi connectivity index (χ4v) is 2.45. The van der Waals surface area contributed by atoms with E-state index in [-0.39, 0.29) is 5.91 Å². The molecule has 0 saturated heterocycles. The highest BCUT2D eigenvalue weighted by molar-refractivity contribution is 6.31. The fraction of sp³-hybridized carbons (Fsp3) is 0.118. The van der Waals surface area contributed by atoms with Crippen LogP contribution in [-0.4, -0.2) is 10.9 Å². The quantitative estimate of drug-likeness (QED) is 0.714. The molecule has 1 heterocycles. The Morgan fingerprint density at radius 2 is 2.05 bits per heavy atom. The summed E-state index contributed by atoms with van der Waals surface area (Å²) in [7, 11) is 0. The van der Waals surface area contributed by atoms with Gasteiger partial charge < -0.3 is 10.3 Å². The van der Waals surface area contributed by atoms with Gasteiger partial charge in [-0.1, -0.05) is 30.7 Å². The number of aromatic amines is 1. The molecule has 0 aliphatic rings. The van der Waals surface area contributed by atoms with Crippen LogP contribution in [0.15, 0.2) is 48.5 Å². The number of amides is 1. The summed E-state index contributed by atoms with van der Waals surface area (Å²) in [5.41, 5.74) is 3.87. The zero-order chi connectivity index (χ0) is 14.8. The van der Waals surface area contributed by atoms with Crippen molar-refractivity contribution in [3.05, 3.63) is 53.6 Å². The number of hydrogen-bond acceptors (Lipinski definition) is 1. The first-order valence-corrected chi connectivity index (χ1v) is 7.22. The molecule has 0 fully saturated rings. The maximum atomic E-state index is 11.5. The summed E-state index contributed by atoms with van der Waals surface area (Å²) in [6, 6.07) is 15.6. The molecule has 0 saturated carbocycles.